The third-order valence-electron chi connectivity index (χ3n) is 3.14. The molecule has 0 bridgehead atoms. The molecule has 0 aliphatic rings. The standard InChI is InChI=1S/C16H22N4O3/c1-4-10-17-16(21)20(3)11-14-18-15(19-23-14)12-6-8-13(9-7-12)22-5-2/h6-9H,4-5,10-11H2,1-3H3,(H,17,21). The molecule has 2 aromatic rings. The van der Waals surface area contributed by atoms with Crippen molar-refractivity contribution in [2.75, 3.05) is 20.2 Å². The first-order valence-corrected chi connectivity index (χ1v) is 7.68. The predicted molar refractivity (Wildman–Crippen MR) is 86.1 cm³/mol. The first-order valence-electron chi connectivity index (χ1n) is 7.68. The average molecular weight is 318 g/mol. The van der Waals surface area contributed by atoms with Gasteiger partial charge in [-0.15, -0.1) is 0 Å². The van der Waals surface area contributed by atoms with Crippen molar-refractivity contribution >= 4 is 6.03 Å². The van der Waals surface area contributed by atoms with Gasteiger partial charge in [0.25, 0.3) is 0 Å². The third kappa shape index (κ3) is 4.70. The molecule has 1 aromatic carbocycles. The molecule has 0 atom stereocenters. The molecule has 0 saturated heterocycles. The second kappa shape index (κ2) is 8.17. The van der Waals surface area contributed by atoms with Crippen molar-refractivity contribution in [2.45, 2.75) is 26.8 Å². The predicted octanol–water partition coefficient (Wildman–Crippen LogP) is 2.69. The number of rotatable bonds is 7. The molecule has 0 spiro atoms. The number of ether oxygens (including phenoxy) is 1. The Hall–Kier alpha value is -2.57. The van der Waals surface area contributed by atoms with Gasteiger partial charge in [-0.25, -0.2) is 4.79 Å². The highest BCUT2D eigenvalue weighted by Crippen LogP contribution is 2.20. The van der Waals surface area contributed by atoms with Crippen molar-refractivity contribution in [3.63, 3.8) is 0 Å². The van der Waals surface area contributed by atoms with E-state index in [2.05, 4.69) is 15.5 Å². The van der Waals surface area contributed by atoms with Crippen LogP contribution in [0.25, 0.3) is 11.4 Å². The summed E-state index contributed by atoms with van der Waals surface area (Å²) in [4.78, 5) is 17.6. The lowest BCUT2D eigenvalue weighted by molar-refractivity contribution is 0.199. The van der Waals surface area contributed by atoms with Crippen LogP contribution >= 0.6 is 0 Å². The van der Waals surface area contributed by atoms with E-state index in [0.29, 0.717) is 24.9 Å². The number of nitrogens with one attached hydrogen (secondary N) is 1. The van der Waals surface area contributed by atoms with E-state index in [9.17, 15) is 4.79 Å². The zero-order valence-electron chi connectivity index (χ0n) is 13.7. The highest BCUT2D eigenvalue weighted by molar-refractivity contribution is 5.73. The van der Waals surface area contributed by atoms with Crippen LogP contribution in [0.5, 0.6) is 5.75 Å². The number of carbonyl (C=O) groups excluding carboxylic acids is 1. The molecule has 1 N–H and O–H groups in total. The molecule has 2 rings (SSSR count). The highest BCUT2D eigenvalue weighted by atomic mass is 16.5. The van der Waals surface area contributed by atoms with Crippen LogP contribution in [0, 0.1) is 0 Å². The summed E-state index contributed by atoms with van der Waals surface area (Å²) in [5.74, 6) is 1.68. The van der Waals surface area contributed by atoms with E-state index in [4.69, 9.17) is 9.26 Å². The summed E-state index contributed by atoms with van der Waals surface area (Å²) >= 11 is 0. The minimum absolute atomic E-state index is 0.160. The molecule has 7 heteroatoms. The van der Waals surface area contributed by atoms with Crippen molar-refractivity contribution in [1.29, 1.82) is 0 Å². The minimum Gasteiger partial charge on any atom is -0.494 e. The molecule has 0 unspecified atom stereocenters. The van der Waals surface area contributed by atoms with Crippen LogP contribution in [0.3, 0.4) is 0 Å². The molecule has 124 valence electrons. The van der Waals surface area contributed by atoms with Gasteiger partial charge in [0.1, 0.15) is 12.3 Å². The fourth-order valence-corrected chi connectivity index (χ4v) is 1.94. The number of hydrogen-bond acceptors (Lipinski definition) is 5. The van der Waals surface area contributed by atoms with E-state index in [0.717, 1.165) is 17.7 Å². The number of carbonyl (C=O) groups is 1. The van der Waals surface area contributed by atoms with E-state index in [1.54, 1.807) is 7.05 Å². The fraction of sp³-hybridized carbons (Fsp3) is 0.438. The van der Waals surface area contributed by atoms with Gasteiger partial charge in [-0.3, -0.25) is 0 Å². The quantitative estimate of drug-likeness (QED) is 0.849. The lowest BCUT2D eigenvalue weighted by Gasteiger charge is -2.15. The summed E-state index contributed by atoms with van der Waals surface area (Å²) in [5.41, 5.74) is 0.835. The SMILES string of the molecule is CCCNC(=O)N(C)Cc1nc(-c2ccc(OCC)cc2)no1. The molecular formula is C16H22N4O3. The Balaban J connectivity index is 1.98. The molecule has 1 heterocycles. The summed E-state index contributed by atoms with van der Waals surface area (Å²) < 4.78 is 10.6. The number of aromatic nitrogens is 2. The molecule has 0 aliphatic heterocycles. The van der Waals surface area contributed by atoms with E-state index in [1.165, 1.54) is 4.90 Å². The van der Waals surface area contributed by atoms with Crippen molar-refractivity contribution in [1.82, 2.24) is 20.4 Å². The Morgan fingerprint density at radius 3 is 2.70 bits per heavy atom. The summed E-state index contributed by atoms with van der Waals surface area (Å²) in [5, 5.41) is 6.74. The van der Waals surface area contributed by atoms with Gasteiger partial charge in [0.15, 0.2) is 0 Å². The number of nitrogens with zero attached hydrogens (tertiary/aromatic N) is 3. The van der Waals surface area contributed by atoms with Gasteiger partial charge < -0.3 is 19.5 Å². The zero-order chi connectivity index (χ0) is 16.7. The molecule has 0 saturated carbocycles. The van der Waals surface area contributed by atoms with E-state index in [-0.39, 0.29) is 12.6 Å². The number of urea groups is 1. The van der Waals surface area contributed by atoms with E-state index < -0.39 is 0 Å². The number of hydrogen-bond donors (Lipinski definition) is 1. The lowest BCUT2D eigenvalue weighted by Crippen LogP contribution is -2.37. The van der Waals surface area contributed by atoms with Crippen LogP contribution in [0.1, 0.15) is 26.2 Å². The van der Waals surface area contributed by atoms with Crippen LogP contribution in [-0.4, -0.2) is 41.3 Å². The fourth-order valence-electron chi connectivity index (χ4n) is 1.94. The van der Waals surface area contributed by atoms with Crippen LogP contribution in [-0.2, 0) is 6.54 Å². The minimum atomic E-state index is -0.160. The molecule has 1 aromatic heterocycles. The van der Waals surface area contributed by atoms with Gasteiger partial charge in [0.2, 0.25) is 11.7 Å². The maximum atomic E-state index is 11.8. The largest absolute Gasteiger partial charge is 0.494 e. The van der Waals surface area contributed by atoms with Gasteiger partial charge in [0.05, 0.1) is 6.61 Å². The van der Waals surface area contributed by atoms with Crippen LogP contribution in [0.2, 0.25) is 0 Å². The molecule has 23 heavy (non-hydrogen) atoms. The highest BCUT2D eigenvalue weighted by Gasteiger charge is 2.14. The summed E-state index contributed by atoms with van der Waals surface area (Å²) in [7, 11) is 1.69. The maximum Gasteiger partial charge on any atom is 0.317 e. The Kier molecular flexibility index (Phi) is 5.96. The van der Waals surface area contributed by atoms with Crippen LogP contribution in [0.4, 0.5) is 4.79 Å². The van der Waals surface area contributed by atoms with Crippen LogP contribution < -0.4 is 10.1 Å². The zero-order valence-corrected chi connectivity index (χ0v) is 13.7. The van der Waals surface area contributed by atoms with Gasteiger partial charge in [-0.2, -0.15) is 4.98 Å². The molecular weight excluding hydrogens is 296 g/mol. The molecule has 7 nitrogen and oxygen atoms in total. The van der Waals surface area contributed by atoms with Crippen molar-refractivity contribution < 1.29 is 14.1 Å². The van der Waals surface area contributed by atoms with Gasteiger partial charge >= 0.3 is 6.03 Å². The second-order valence-electron chi connectivity index (χ2n) is 5.06. The molecule has 0 radical (unpaired) electrons. The molecule has 0 aliphatic carbocycles. The molecule has 2 amide bonds. The summed E-state index contributed by atoms with van der Waals surface area (Å²) in [6.45, 7) is 5.47. The smallest absolute Gasteiger partial charge is 0.317 e. The average Bonchev–Trinajstić information content (AvgIpc) is 3.02. The van der Waals surface area contributed by atoms with Gasteiger partial charge in [-0.05, 0) is 37.6 Å². The normalized spacial score (nSPS) is 10.4. The molecule has 0 fully saturated rings. The maximum absolute atomic E-state index is 11.8. The van der Waals surface area contributed by atoms with E-state index in [1.807, 2.05) is 38.1 Å². The Labute approximate surface area is 135 Å². The van der Waals surface area contributed by atoms with E-state index >= 15 is 0 Å². The number of amides is 2. The first kappa shape index (κ1) is 16.8. The first-order chi connectivity index (χ1) is 11.1. The van der Waals surface area contributed by atoms with Crippen molar-refractivity contribution in [3.05, 3.63) is 30.2 Å². The Morgan fingerprint density at radius 2 is 2.04 bits per heavy atom. The van der Waals surface area contributed by atoms with Gasteiger partial charge in [-0.1, -0.05) is 12.1 Å². The Morgan fingerprint density at radius 1 is 1.30 bits per heavy atom. The van der Waals surface area contributed by atoms with Gasteiger partial charge in [0, 0.05) is 19.2 Å². The topological polar surface area (TPSA) is 80.5 Å². The number of benzene rings is 1. The van der Waals surface area contributed by atoms with Crippen molar-refractivity contribution in [3.8, 4) is 17.1 Å². The third-order valence-corrected chi connectivity index (χ3v) is 3.14. The monoisotopic (exact) mass is 318 g/mol. The lowest BCUT2D eigenvalue weighted by atomic mass is 10.2. The summed E-state index contributed by atoms with van der Waals surface area (Å²) in [6, 6.07) is 7.31. The Bertz CT molecular complexity index is 625. The second-order valence-corrected chi connectivity index (χ2v) is 5.06. The van der Waals surface area contributed by atoms with Crippen LogP contribution in [0.15, 0.2) is 28.8 Å². The summed E-state index contributed by atoms with van der Waals surface area (Å²) in [6.07, 6.45) is 0.891. The van der Waals surface area contributed by atoms with Crippen molar-refractivity contribution in [2.24, 2.45) is 0 Å².